The first kappa shape index (κ1) is 17.1. The van der Waals surface area contributed by atoms with E-state index in [1.54, 1.807) is 10.9 Å². The number of hydrogen-bond donors (Lipinski definition) is 0. The summed E-state index contributed by atoms with van der Waals surface area (Å²) in [6.07, 6.45) is 1.75. The van der Waals surface area contributed by atoms with Crippen LogP contribution >= 0.6 is 0 Å². The van der Waals surface area contributed by atoms with Gasteiger partial charge in [-0.2, -0.15) is 5.10 Å². The molecular weight excluding hydrogens is 290 g/mol. The summed E-state index contributed by atoms with van der Waals surface area (Å²) in [7, 11) is 4.01. The van der Waals surface area contributed by atoms with Crippen LogP contribution in [0.1, 0.15) is 28.8 Å². The van der Waals surface area contributed by atoms with Gasteiger partial charge in [0.1, 0.15) is 5.69 Å². The largest absolute Gasteiger partial charge is 0.330 e. The zero-order chi connectivity index (χ0) is 16.8. The molecule has 0 bridgehead atoms. The number of carbonyl (C=O) groups excluding carboxylic acids is 1. The summed E-state index contributed by atoms with van der Waals surface area (Å²) in [5.41, 5.74) is 2.39. The van der Waals surface area contributed by atoms with E-state index in [2.05, 4.69) is 15.0 Å². The normalized spacial score (nSPS) is 11.0. The minimum atomic E-state index is -0.0000435. The predicted molar refractivity (Wildman–Crippen MR) is 90.2 cm³/mol. The standard InChI is InChI=1S/C17H25N5O/c1-5-22-16(12-14(2)19-22)17(23)21(11-10-20(3)4)13-15-8-6-7-9-18-15/h6-9,12H,5,10-11,13H2,1-4H3. The van der Waals surface area contributed by atoms with Crippen molar-refractivity contribution in [1.82, 2.24) is 24.6 Å². The summed E-state index contributed by atoms with van der Waals surface area (Å²) < 4.78 is 1.76. The van der Waals surface area contributed by atoms with Gasteiger partial charge in [0.2, 0.25) is 0 Å². The molecule has 0 saturated heterocycles. The maximum Gasteiger partial charge on any atom is 0.272 e. The number of pyridine rings is 1. The molecule has 2 aromatic rings. The molecule has 1 amide bonds. The van der Waals surface area contributed by atoms with Crippen LogP contribution in [0.3, 0.4) is 0 Å². The Balaban J connectivity index is 2.22. The molecule has 0 saturated carbocycles. The summed E-state index contributed by atoms with van der Waals surface area (Å²) in [5.74, 6) is -0.0000435. The van der Waals surface area contributed by atoms with Gasteiger partial charge in [-0.15, -0.1) is 0 Å². The Morgan fingerprint density at radius 1 is 1.26 bits per heavy atom. The van der Waals surface area contributed by atoms with Crippen molar-refractivity contribution in [2.75, 3.05) is 27.2 Å². The molecule has 2 rings (SSSR count). The first-order chi connectivity index (χ1) is 11.0. The van der Waals surface area contributed by atoms with Crippen LogP contribution in [-0.2, 0) is 13.1 Å². The third-order valence-electron chi connectivity index (χ3n) is 3.60. The molecule has 0 atom stereocenters. The number of rotatable bonds is 7. The van der Waals surface area contributed by atoms with Crippen molar-refractivity contribution in [1.29, 1.82) is 0 Å². The smallest absolute Gasteiger partial charge is 0.272 e. The molecule has 124 valence electrons. The third-order valence-corrected chi connectivity index (χ3v) is 3.60. The molecule has 0 N–H and O–H groups in total. The van der Waals surface area contributed by atoms with Crippen molar-refractivity contribution in [2.24, 2.45) is 0 Å². The minimum Gasteiger partial charge on any atom is -0.330 e. The number of aryl methyl sites for hydroxylation is 2. The highest BCUT2D eigenvalue weighted by Gasteiger charge is 2.21. The molecule has 0 spiro atoms. The lowest BCUT2D eigenvalue weighted by Gasteiger charge is -2.24. The van der Waals surface area contributed by atoms with Gasteiger partial charge in [0.05, 0.1) is 17.9 Å². The summed E-state index contributed by atoms with van der Waals surface area (Å²) in [5, 5.41) is 4.38. The number of aromatic nitrogens is 3. The number of hydrogen-bond acceptors (Lipinski definition) is 4. The van der Waals surface area contributed by atoms with Gasteiger partial charge >= 0.3 is 0 Å². The van der Waals surface area contributed by atoms with E-state index in [1.165, 1.54) is 0 Å². The van der Waals surface area contributed by atoms with Gasteiger partial charge in [-0.3, -0.25) is 14.5 Å². The molecule has 0 fully saturated rings. The van der Waals surface area contributed by atoms with Crippen LogP contribution < -0.4 is 0 Å². The topological polar surface area (TPSA) is 54.3 Å². The van der Waals surface area contributed by atoms with Crippen molar-refractivity contribution in [3.63, 3.8) is 0 Å². The maximum atomic E-state index is 13.0. The molecular formula is C17H25N5O. The summed E-state index contributed by atoms with van der Waals surface area (Å²) in [6.45, 7) is 6.54. The molecule has 0 aliphatic heterocycles. The monoisotopic (exact) mass is 315 g/mol. The molecule has 0 unspecified atom stereocenters. The van der Waals surface area contributed by atoms with Crippen LogP contribution in [0.25, 0.3) is 0 Å². The second kappa shape index (κ2) is 7.87. The average Bonchev–Trinajstić information content (AvgIpc) is 2.92. The van der Waals surface area contributed by atoms with Gasteiger partial charge in [0.25, 0.3) is 5.91 Å². The molecule has 23 heavy (non-hydrogen) atoms. The van der Waals surface area contributed by atoms with Gasteiger partial charge < -0.3 is 9.80 Å². The molecule has 0 radical (unpaired) electrons. The third kappa shape index (κ3) is 4.63. The number of likely N-dealkylation sites (N-methyl/N-ethyl adjacent to an activating group) is 1. The second-order valence-corrected chi connectivity index (χ2v) is 5.84. The van der Waals surface area contributed by atoms with Crippen molar-refractivity contribution in [3.05, 3.63) is 47.5 Å². The number of nitrogens with zero attached hydrogens (tertiary/aromatic N) is 5. The Labute approximate surface area is 137 Å². The first-order valence-electron chi connectivity index (χ1n) is 7.89. The quantitative estimate of drug-likeness (QED) is 0.782. The maximum absolute atomic E-state index is 13.0. The van der Waals surface area contributed by atoms with E-state index < -0.39 is 0 Å². The van der Waals surface area contributed by atoms with E-state index in [0.717, 1.165) is 17.9 Å². The van der Waals surface area contributed by atoms with Crippen molar-refractivity contribution < 1.29 is 4.79 Å². The van der Waals surface area contributed by atoms with Gasteiger partial charge in [-0.05, 0) is 46.1 Å². The molecule has 6 nitrogen and oxygen atoms in total. The summed E-state index contributed by atoms with van der Waals surface area (Å²) >= 11 is 0. The lowest BCUT2D eigenvalue weighted by Crippen LogP contribution is -2.37. The van der Waals surface area contributed by atoms with Crippen LogP contribution in [0.15, 0.2) is 30.5 Å². The fourth-order valence-corrected chi connectivity index (χ4v) is 2.38. The van der Waals surface area contributed by atoms with Crippen molar-refractivity contribution in [3.8, 4) is 0 Å². The zero-order valence-corrected chi connectivity index (χ0v) is 14.4. The van der Waals surface area contributed by atoms with E-state index in [1.807, 2.05) is 57.1 Å². The SMILES string of the molecule is CCn1nc(C)cc1C(=O)N(CCN(C)C)Cc1ccccn1. The molecule has 0 aliphatic carbocycles. The van der Waals surface area contributed by atoms with Crippen molar-refractivity contribution in [2.45, 2.75) is 26.9 Å². The van der Waals surface area contributed by atoms with E-state index in [9.17, 15) is 4.79 Å². The Bertz CT molecular complexity index is 636. The highest BCUT2D eigenvalue weighted by atomic mass is 16.2. The van der Waals surface area contributed by atoms with Crippen LogP contribution in [0.5, 0.6) is 0 Å². The Morgan fingerprint density at radius 3 is 2.65 bits per heavy atom. The summed E-state index contributed by atoms with van der Waals surface area (Å²) in [6, 6.07) is 7.62. The van der Waals surface area contributed by atoms with Gasteiger partial charge in [0, 0.05) is 25.8 Å². The Hall–Kier alpha value is -2.21. The fourth-order valence-electron chi connectivity index (χ4n) is 2.38. The van der Waals surface area contributed by atoms with Gasteiger partial charge in [0.15, 0.2) is 0 Å². The van der Waals surface area contributed by atoms with E-state index >= 15 is 0 Å². The minimum absolute atomic E-state index is 0.0000435. The van der Waals surface area contributed by atoms with Gasteiger partial charge in [-0.1, -0.05) is 6.07 Å². The zero-order valence-electron chi connectivity index (χ0n) is 14.4. The molecule has 0 aromatic carbocycles. The van der Waals surface area contributed by atoms with Crippen LogP contribution in [0.2, 0.25) is 0 Å². The van der Waals surface area contributed by atoms with Gasteiger partial charge in [-0.25, -0.2) is 0 Å². The fraction of sp³-hybridized carbons (Fsp3) is 0.471. The van der Waals surface area contributed by atoms with E-state index in [4.69, 9.17) is 0 Å². The molecule has 2 heterocycles. The van der Waals surface area contributed by atoms with E-state index in [0.29, 0.717) is 25.3 Å². The van der Waals surface area contributed by atoms with Crippen LogP contribution in [0.4, 0.5) is 0 Å². The Morgan fingerprint density at radius 2 is 2.04 bits per heavy atom. The summed E-state index contributed by atoms with van der Waals surface area (Å²) in [4.78, 5) is 21.2. The van der Waals surface area contributed by atoms with E-state index in [-0.39, 0.29) is 5.91 Å². The lowest BCUT2D eigenvalue weighted by molar-refractivity contribution is 0.0717. The molecule has 2 aromatic heterocycles. The number of amides is 1. The van der Waals surface area contributed by atoms with Crippen molar-refractivity contribution >= 4 is 5.91 Å². The second-order valence-electron chi connectivity index (χ2n) is 5.84. The Kier molecular flexibility index (Phi) is 5.87. The predicted octanol–water partition coefficient (Wildman–Crippen LogP) is 1.81. The van der Waals surface area contributed by atoms with Crippen LogP contribution in [0, 0.1) is 6.92 Å². The lowest BCUT2D eigenvalue weighted by atomic mass is 10.2. The highest BCUT2D eigenvalue weighted by Crippen LogP contribution is 2.11. The van der Waals surface area contributed by atoms with Crippen LogP contribution in [-0.4, -0.2) is 57.7 Å². The average molecular weight is 315 g/mol. The molecule has 0 aliphatic rings. The molecule has 6 heteroatoms. The highest BCUT2D eigenvalue weighted by molar-refractivity contribution is 5.92. The number of carbonyl (C=O) groups is 1. The first-order valence-corrected chi connectivity index (χ1v) is 7.89.